The summed E-state index contributed by atoms with van der Waals surface area (Å²) in [6.07, 6.45) is 1.84. The van der Waals surface area contributed by atoms with E-state index >= 15 is 0 Å². The molecular formula is C7H15O4S. The molecule has 12 heavy (non-hydrogen) atoms. The second kappa shape index (κ2) is 5.50. The molecular weight excluding hydrogens is 180 g/mol. The highest BCUT2D eigenvalue weighted by atomic mass is 32.2. The fourth-order valence-corrected chi connectivity index (χ4v) is 1.46. The first-order valence-electron chi connectivity index (χ1n) is 3.89. The van der Waals surface area contributed by atoms with Crippen molar-refractivity contribution in [1.82, 2.24) is 0 Å². The molecule has 0 aliphatic heterocycles. The molecule has 0 aliphatic rings. The summed E-state index contributed by atoms with van der Waals surface area (Å²) in [7, 11) is -3.88. The maximum Gasteiger partial charge on any atom is 0.264 e. The van der Waals surface area contributed by atoms with Crippen molar-refractivity contribution in [3.63, 3.8) is 0 Å². The van der Waals surface area contributed by atoms with Gasteiger partial charge in [0.1, 0.15) is 0 Å². The van der Waals surface area contributed by atoms with E-state index in [9.17, 15) is 8.42 Å². The van der Waals surface area contributed by atoms with E-state index in [0.717, 1.165) is 12.3 Å². The van der Waals surface area contributed by atoms with E-state index in [1.54, 1.807) is 0 Å². The fraction of sp³-hybridized carbons (Fsp3) is 0.857. The van der Waals surface area contributed by atoms with Gasteiger partial charge in [-0.2, -0.15) is 8.42 Å². The summed E-state index contributed by atoms with van der Waals surface area (Å²) in [5, 5.41) is 8.74. The molecule has 0 atom stereocenters. The molecule has 0 rings (SSSR count). The molecule has 2 N–H and O–H groups in total. The largest absolute Gasteiger partial charge is 0.396 e. The fourth-order valence-electron chi connectivity index (χ4n) is 0.910. The lowest BCUT2D eigenvalue weighted by Crippen LogP contribution is -2.11. The number of hydrogen-bond acceptors (Lipinski definition) is 3. The summed E-state index contributed by atoms with van der Waals surface area (Å²) in [5.74, 6) is 0.484. The minimum atomic E-state index is -3.88. The topological polar surface area (TPSA) is 74.6 Å². The van der Waals surface area contributed by atoms with Crippen LogP contribution in [0.3, 0.4) is 0 Å². The SMILES string of the molecule is CCC[C](CO)CCS(=O)(=O)O. The minimum Gasteiger partial charge on any atom is -0.396 e. The summed E-state index contributed by atoms with van der Waals surface area (Å²) in [6.45, 7) is 1.85. The zero-order valence-electron chi connectivity index (χ0n) is 7.15. The maximum atomic E-state index is 10.3. The highest BCUT2D eigenvalue weighted by Crippen LogP contribution is 2.13. The molecule has 73 valence electrons. The van der Waals surface area contributed by atoms with Crippen LogP contribution >= 0.6 is 0 Å². The van der Waals surface area contributed by atoms with Crippen LogP contribution in [0.5, 0.6) is 0 Å². The summed E-state index contributed by atoms with van der Waals surface area (Å²) in [6, 6.07) is 0. The molecule has 0 fully saturated rings. The number of hydrogen-bond donors (Lipinski definition) is 2. The van der Waals surface area contributed by atoms with Crippen LogP contribution < -0.4 is 0 Å². The van der Waals surface area contributed by atoms with E-state index in [1.807, 2.05) is 6.92 Å². The first-order valence-corrected chi connectivity index (χ1v) is 5.50. The second-order valence-corrected chi connectivity index (χ2v) is 4.27. The molecule has 0 spiro atoms. The average Bonchev–Trinajstić information content (AvgIpc) is 1.96. The molecule has 5 heteroatoms. The Hall–Kier alpha value is -0.130. The van der Waals surface area contributed by atoms with E-state index in [2.05, 4.69) is 0 Å². The molecule has 0 amide bonds. The lowest BCUT2D eigenvalue weighted by Gasteiger charge is -2.09. The van der Waals surface area contributed by atoms with Crippen LogP contribution in [0.4, 0.5) is 0 Å². The highest BCUT2D eigenvalue weighted by Gasteiger charge is 2.11. The third-order valence-corrected chi connectivity index (χ3v) is 2.26. The first-order chi connectivity index (χ1) is 5.49. The Kier molecular flexibility index (Phi) is 5.44. The smallest absolute Gasteiger partial charge is 0.264 e. The zero-order chi connectivity index (χ0) is 9.61. The van der Waals surface area contributed by atoms with Crippen LogP contribution in [0.15, 0.2) is 0 Å². The van der Waals surface area contributed by atoms with Crippen LogP contribution in [0.25, 0.3) is 0 Å². The van der Waals surface area contributed by atoms with E-state index in [1.165, 1.54) is 0 Å². The van der Waals surface area contributed by atoms with Crippen LogP contribution in [-0.2, 0) is 10.1 Å². The predicted octanol–water partition coefficient (Wildman–Crippen LogP) is 0.631. The Morgan fingerprint density at radius 2 is 1.92 bits per heavy atom. The Morgan fingerprint density at radius 3 is 2.25 bits per heavy atom. The van der Waals surface area contributed by atoms with Crippen LogP contribution in [0.1, 0.15) is 26.2 Å². The van der Waals surface area contributed by atoms with Crippen molar-refractivity contribution in [2.75, 3.05) is 12.4 Å². The lowest BCUT2D eigenvalue weighted by atomic mass is 10.0. The predicted molar refractivity (Wildman–Crippen MR) is 46.3 cm³/mol. The van der Waals surface area contributed by atoms with Gasteiger partial charge in [0, 0.05) is 12.5 Å². The van der Waals surface area contributed by atoms with E-state index in [4.69, 9.17) is 9.66 Å². The van der Waals surface area contributed by atoms with Gasteiger partial charge in [-0.1, -0.05) is 13.3 Å². The van der Waals surface area contributed by atoms with Gasteiger partial charge < -0.3 is 5.11 Å². The third-order valence-electron chi connectivity index (χ3n) is 1.54. The van der Waals surface area contributed by atoms with Gasteiger partial charge in [-0.15, -0.1) is 0 Å². The lowest BCUT2D eigenvalue weighted by molar-refractivity contribution is 0.295. The minimum absolute atomic E-state index is 0.0939. The van der Waals surface area contributed by atoms with Gasteiger partial charge in [0.05, 0.1) is 5.75 Å². The van der Waals surface area contributed by atoms with Crippen molar-refractivity contribution in [3.05, 3.63) is 5.92 Å². The van der Waals surface area contributed by atoms with Gasteiger partial charge in [-0.25, -0.2) is 0 Å². The first kappa shape index (κ1) is 11.9. The second-order valence-electron chi connectivity index (χ2n) is 2.69. The van der Waals surface area contributed by atoms with Crippen LogP contribution in [-0.4, -0.2) is 30.4 Å². The summed E-state index contributed by atoms with van der Waals surface area (Å²) < 4.78 is 29.0. The van der Waals surface area contributed by atoms with Crippen molar-refractivity contribution in [3.8, 4) is 0 Å². The average molecular weight is 195 g/mol. The molecule has 0 aromatic heterocycles. The normalized spacial score (nSPS) is 12.3. The van der Waals surface area contributed by atoms with E-state index < -0.39 is 10.1 Å². The van der Waals surface area contributed by atoms with Gasteiger partial charge >= 0.3 is 0 Å². The van der Waals surface area contributed by atoms with Gasteiger partial charge in [0.2, 0.25) is 0 Å². The van der Waals surface area contributed by atoms with Crippen molar-refractivity contribution in [2.24, 2.45) is 0 Å². The molecule has 1 radical (unpaired) electrons. The number of rotatable bonds is 6. The summed E-state index contributed by atoms with van der Waals surface area (Å²) in [4.78, 5) is 0. The maximum absolute atomic E-state index is 10.3. The Balaban J connectivity index is 3.73. The molecule has 0 unspecified atom stereocenters. The molecule has 4 nitrogen and oxygen atoms in total. The van der Waals surface area contributed by atoms with Crippen LogP contribution in [0, 0.1) is 5.92 Å². The molecule has 0 aromatic rings. The van der Waals surface area contributed by atoms with Crippen molar-refractivity contribution in [1.29, 1.82) is 0 Å². The summed E-state index contributed by atoms with van der Waals surface area (Å²) >= 11 is 0. The molecule has 0 saturated heterocycles. The number of aliphatic hydroxyl groups is 1. The molecule has 0 aromatic carbocycles. The van der Waals surface area contributed by atoms with Gasteiger partial charge in [-0.05, 0) is 12.8 Å². The quantitative estimate of drug-likeness (QED) is 0.610. The van der Waals surface area contributed by atoms with Gasteiger partial charge in [-0.3, -0.25) is 4.55 Å². The molecule has 0 aliphatic carbocycles. The standard InChI is InChI=1S/C7H15O4S/c1-2-3-7(6-8)4-5-12(9,10)11/h8H,2-6H2,1H3,(H,9,10,11). The van der Waals surface area contributed by atoms with Crippen molar-refractivity contribution in [2.45, 2.75) is 26.2 Å². The molecule has 0 bridgehead atoms. The Labute approximate surface area is 73.4 Å². The van der Waals surface area contributed by atoms with Crippen molar-refractivity contribution >= 4 is 10.1 Å². The van der Waals surface area contributed by atoms with Gasteiger partial charge in [0.15, 0.2) is 0 Å². The molecule has 0 heterocycles. The number of aliphatic hydroxyl groups excluding tert-OH is 1. The van der Waals surface area contributed by atoms with Gasteiger partial charge in [0.25, 0.3) is 10.1 Å². The monoisotopic (exact) mass is 195 g/mol. The molecule has 0 saturated carbocycles. The van der Waals surface area contributed by atoms with Crippen molar-refractivity contribution < 1.29 is 18.1 Å². The van der Waals surface area contributed by atoms with E-state index in [0.29, 0.717) is 6.42 Å². The third kappa shape index (κ3) is 6.57. The Bertz CT molecular complexity index is 197. The zero-order valence-corrected chi connectivity index (χ0v) is 7.97. The Morgan fingerprint density at radius 1 is 1.33 bits per heavy atom. The van der Waals surface area contributed by atoms with Crippen LogP contribution in [0.2, 0.25) is 0 Å². The summed E-state index contributed by atoms with van der Waals surface area (Å²) in [5.41, 5.74) is 0. The van der Waals surface area contributed by atoms with E-state index in [-0.39, 0.29) is 18.8 Å². The highest BCUT2D eigenvalue weighted by molar-refractivity contribution is 7.85.